The van der Waals surface area contributed by atoms with Crippen molar-refractivity contribution in [2.45, 2.75) is 13.8 Å². The number of aryl methyl sites for hydroxylation is 2. The molecule has 0 aliphatic heterocycles. The molecule has 0 bridgehead atoms. The highest BCUT2D eigenvalue weighted by Crippen LogP contribution is 2.32. The zero-order chi connectivity index (χ0) is 19.3. The van der Waals surface area contributed by atoms with Crippen molar-refractivity contribution in [3.8, 4) is 0 Å². The highest BCUT2D eigenvalue weighted by molar-refractivity contribution is 6.40. The van der Waals surface area contributed by atoms with Gasteiger partial charge in [0.25, 0.3) is 5.91 Å². The molecule has 1 amide bonds. The van der Waals surface area contributed by atoms with Crippen LogP contribution in [0.4, 0.5) is 5.69 Å². The van der Waals surface area contributed by atoms with Crippen LogP contribution in [0.2, 0.25) is 15.1 Å². The largest absolute Gasteiger partial charge is 0.452 e. The van der Waals surface area contributed by atoms with Gasteiger partial charge in [-0.3, -0.25) is 4.79 Å². The molecule has 0 saturated carbocycles. The first kappa shape index (κ1) is 20.3. The van der Waals surface area contributed by atoms with E-state index in [2.05, 4.69) is 5.32 Å². The van der Waals surface area contributed by atoms with Crippen LogP contribution in [0.3, 0.4) is 0 Å². The second kappa shape index (κ2) is 9.08. The van der Waals surface area contributed by atoms with E-state index in [9.17, 15) is 9.59 Å². The molecule has 0 aliphatic carbocycles. The van der Waals surface area contributed by atoms with Gasteiger partial charge in [-0.25, -0.2) is 4.79 Å². The van der Waals surface area contributed by atoms with E-state index in [0.29, 0.717) is 20.8 Å². The molecule has 2 rings (SSSR count). The Kier molecular flexibility index (Phi) is 7.09. The third-order valence-corrected chi connectivity index (χ3v) is 4.71. The SMILES string of the molecule is Cc1ccc(/C=C/C(=O)OCC(=O)Nc2c(Cl)ccc(C)c2Cl)cc1Cl. The van der Waals surface area contributed by atoms with Crippen molar-refractivity contribution in [2.24, 2.45) is 0 Å². The second-order valence-corrected chi connectivity index (χ2v) is 6.74. The molecule has 0 radical (unpaired) electrons. The van der Waals surface area contributed by atoms with Gasteiger partial charge in [0.1, 0.15) is 0 Å². The number of anilines is 1. The molecule has 0 spiro atoms. The highest BCUT2D eigenvalue weighted by Gasteiger charge is 2.13. The number of hydrogen-bond acceptors (Lipinski definition) is 3. The van der Waals surface area contributed by atoms with E-state index >= 15 is 0 Å². The van der Waals surface area contributed by atoms with Crippen LogP contribution in [0.5, 0.6) is 0 Å². The molecule has 0 aromatic heterocycles. The number of rotatable bonds is 5. The van der Waals surface area contributed by atoms with Crippen LogP contribution >= 0.6 is 34.8 Å². The van der Waals surface area contributed by atoms with Gasteiger partial charge in [0.2, 0.25) is 0 Å². The number of nitrogens with one attached hydrogen (secondary N) is 1. The molecule has 0 heterocycles. The lowest BCUT2D eigenvalue weighted by atomic mass is 10.1. The molecule has 0 fully saturated rings. The summed E-state index contributed by atoms with van der Waals surface area (Å²) in [5, 5.41) is 3.79. The molecule has 1 N–H and O–H groups in total. The maximum absolute atomic E-state index is 11.9. The lowest BCUT2D eigenvalue weighted by Gasteiger charge is -2.11. The first-order chi connectivity index (χ1) is 12.3. The molecule has 0 saturated heterocycles. The maximum atomic E-state index is 11.9. The number of benzene rings is 2. The Hall–Kier alpha value is -2.01. The van der Waals surface area contributed by atoms with Crippen molar-refractivity contribution in [1.82, 2.24) is 0 Å². The predicted molar refractivity (Wildman–Crippen MR) is 106 cm³/mol. The van der Waals surface area contributed by atoms with Crippen LogP contribution in [0, 0.1) is 13.8 Å². The summed E-state index contributed by atoms with van der Waals surface area (Å²) in [6.45, 7) is 3.21. The van der Waals surface area contributed by atoms with E-state index in [0.717, 1.165) is 16.7 Å². The molecule has 0 atom stereocenters. The third kappa shape index (κ3) is 5.49. The Morgan fingerprint density at radius 2 is 1.73 bits per heavy atom. The zero-order valence-corrected chi connectivity index (χ0v) is 16.4. The number of esters is 1. The quantitative estimate of drug-likeness (QED) is 0.524. The van der Waals surface area contributed by atoms with Gasteiger partial charge >= 0.3 is 5.97 Å². The fraction of sp³-hybridized carbons (Fsp3) is 0.158. The van der Waals surface area contributed by atoms with Gasteiger partial charge in [-0.15, -0.1) is 0 Å². The van der Waals surface area contributed by atoms with E-state index < -0.39 is 18.5 Å². The Morgan fingerprint density at radius 3 is 2.42 bits per heavy atom. The van der Waals surface area contributed by atoms with Crippen LogP contribution in [0.25, 0.3) is 6.08 Å². The van der Waals surface area contributed by atoms with Gasteiger partial charge in [0.05, 0.1) is 15.7 Å². The lowest BCUT2D eigenvalue weighted by molar-refractivity contribution is -0.142. The van der Waals surface area contributed by atoms with E-state index in [1.54, 1.807) is 31.2 Å². The highest BCUT2D eigenvalue weighted by atomic mass is 35.5. The molecule has 2 aromatic carbocycles. The van der Waals surface area contributed by atoms with E-state index in [4.69, 9.17) is 39.5 Å². The van der Waals surface area contributed by atoms with Crippen molar-refractivity contribution in [3.05, 3.63) is 68.2 Å². The molecular formula is C19H16Cl3NO3. The number of carbonyl (C=O) groups is 2. The molecular weight excluding hydrogens is 397 g/mol. The van der Waals surface area contributed by atoms with Crippen LogP contribution in [-0.4, -0.2) is 18.5 Å². The number of halogens is 3. The molecule has 2 aromatic rings. The summed E-state index contributed by atoms with van der Waals surface area (Å²) in [5.41, 5.74) is 2.75. The van der Waals surface area contributed by atoms with Crippen LogP contribution in [-0.2, 0) is 14.3 Å². The third-order valence-electron chi connectivity index (χ3n) is 3.50. The number of amides is 1. The first-order valence-electron chi connectivity index (χ1n) is 7.63. The van der Waals surface area contributed by atoms with E-state index in [1.807, 2.05) is 19.1 Å². The standard InChI is InChI=1S/C19H16Cl3NO3/c1-11-3-5-13(9-15(11)21)6-8-17(25)26-10-16(24)23-19-14(20)7-4-12(2)18(19)22/h3-9H,10H2,1-2H3,(H,23,24)/b8-6+. The fourth-order valence-electron chi connectivity index (χ4n) is 2.01. The van der Waals surface area contributed by atoms with Gasteiger partial charge in [0.15, 0.2) is 6.61 Å². The first-order valence-corrected chi connectivity index (χ1v) is 8.76. The topological polar surface area (TPSA) is 55.4 Å². The summed E-state index contributed by atoms with van der Waals surface area (Å²) in [4.78, 5) is 23.7. The normalized spacial score (nSPS) is 10.8. The van der Waals surface area contributed by atoms with Gasteiger partial charge < -0.3 is 10.1 Å². The smallest absolute Gasteiger partial charge is 0.331 e. The second-order valence-electron chi connectivity index (χ2n) is 5.55. The molecule has 26 heavy (non-hydrogen) atoms. The minimum absolute atomic E-state index is 0.291. The van der Waals surface area contributed by atoms with Crippen molar-refractivity contribution < 1.29 is 14.3 Å². The van der Waals surface area contributed by atoms with Gasteiger partial charge in [-0.2, -0.15) is 0 Å². The molecule has 4 nitrogen and oxygen atoms in total. The number of carbonyl (C=O) groups excluding carboxylic acids is 2. The van der Waals surface area contributed by atoms with Gasteiger partial charge in [0, 0.05) is 11.1 Å². The number of hydrogen-bond donors (Lipinski definition) is 1. The minimum atomic E-state index is -0.654. The summed E-state index contributed by atoms with van der Waals surface area (Å²) in [5.74, 6) is -1.20. The zero-order valence-electron chi connectivity index (χ0n) is 14.1. The number of ether oxygens (including phenoxy) is 1. The summed E-state index contributed by atoms with van der Waals surface area (Å²) in [6.07, 6.45) is 2.78. The van der Waals surface area contributed by atoms with Crippen molar-refractivity contribution in [2.75, 3.05) is 11.9 Å². The monoisotopic (exact) mass is 411 g/mol. The van der Waals surface area contributed by atoms with Crippen LogP contribution < -0.4 is 5.32 Å². The van der Waals surface area contributed by atoms with Crippen LogP contribution in [0.1, 0.15) is 16.7 Å². The van der Waals surface area contributed by atoms with Crippen molar-refractivity contribution in [1.29, 1.82) is 0 Å². The maximum Gasteiger partial charge on any atom is 0.331 e. The van der Waals surface area contributed by atoms with E-state index in [-0.39, 0.29) is 0 Å². The van der Waals surface area contributed by atoms with Gasteiger partial charge in [-0.05, 0) is 48.7 Å². The van der Waals surface area contributed by atoms with Crippen molar-refractivity contribution >= 4 is 58.4 Å². The average molecular weight is 413 g/mol. The molecule has 0 aliphatic rings. The fourth-order valence-corrected chi connectivity index (χ4v) is 2.66. The Balaban J connectivity index is 1.91. The van der Waals surface area contributed by atoms with Gasteiger partial charge in [-0.1, -0.05) is 53.0 Å². The summed E-state index contributed by atoms with van der Waals surface area (Å²) >= 11 is 18.2. The lowest BCUT2D eigenvalue weighted by Crippen LogP contribution is -2.20. The minimum Gasteiger partial charge on any atom is -0.452 e. The molecule has 0 unspecified atom stereocenters. The Labute approximate surface area is 166 Å². The summed E-state index contributed by atoms with van der Waals surface area (Å²) in [6, 6.07) is 8.76. The summed E-state index contributed by atoms with van der Waals surface area (Å²) < 4.78 is 4.90. The molecule has 7 heteroatoms. The van der Waals surface area contributed by atoms with Crippen molar-refractivity contribution in [3.63, 3.8) is 0 Å². The van der Waals surface area contributed by atoms with Crippen LogP contribution in [0.15, 0.2) is 36.4 Å². The summed E-state index contributed by atoms with van der Waals surface area (Å²) in [7, 11) is 0. The predicted octanol–water partition coefficient (Wildman–Crippen LogP) is 5.46. The van der Waals surface area contributed by atoms with E-state index in [1.165, 1.54) is 6.08 Å². The Bertz CT molecular complexity index is 879. The Morgan fingerprint density at radius 1 is 1.04 bits per heavy atom. The molecule has 136 valence electrons. The average Bonchev–Trinajstić information content (AvgIpc) is 2.61.